The van der Waals surface area contributed by atoms with Gasteiger partial charge in [-0.3, -0.25) is 4.79 Å². The van der Waals surface area contributed by atoms with Gasteiger partial charge < -0.3 is 10.2 Å². The van der Waals surface area contributed by atoms with Crippen LogP contribution in [0.15, 0.2) is 47.4 Å². The number of nitrogens with one attached hydrogen (secondary N) is 2. The largest absolute Gasteiger partial charge is 0.338 e. The van der Waals surface area contributed by atoms with E-state index in [4.69, 9.17) is 5.26 Å². The first-order valence-electron chi connectivity index (χ1n) is 10.1. The Bertz CT molecular complexity index is 1110. The number of carbonyl (C=O) groups is 1. The Balaban J connectivity index is 1.38. The quantitative estimate of drug-likeness (QED) is 0.732. The van der Waals surface area contributed by atoms with Crippen LogP contribution in [0, 0.1) is 17.2 Å². The number of amides is 1. The highest BCUT2D eigenvalue weighted by Gasteiger charge is 2.32. The summed E-state index contributed by atoms with van der Waals surface area (Å²) in [4.78, 5) is 14.7. The molecule has 2 aromatic rings. The lowest BCUT2D eigenvalue weighted by molar-refractivity contribution is -0.131. The zero-order chi connectivity index (χ0) is 21.1. The van der Waals surface area contributed by atoms with Gasteiger partial charge in [0.1, 0.15) is 0 Å². The Labute approximate surface area is 176 Å². The second-order valence-corrected chi connectivity index (χ2v) is 9.53. The first-order valence-corrected chi connectivity index (χ1v) is 11.5. The highest BCUT2D eigenvalue weighted by atomic mass is 32.2. The summed E-state index contributed by atoms with van der Waals surface area (Å²) in [6.45, 7) is 2.66. The summed E-state index contributed by atoms with van der Waals surface area (Å²) in [5, 5.41) is 12.3. The molecule has 0 radical (unpaired) electrons. The Morgan fingerprint density at radius 1 is 1.20 bits per heavy atom. The molecular weight excluding hydrogens is 400 g/mol. The van der Waals surface area contributed by atoms with Gasteiger partial charge in [0.05, 0.1) is 22.4 Å². The Morgan fingerprint density at radius 2 is 2.07 bits per heavy atom. The maximum atomic E-state index is 12.7. The van der Waals surface area contributed by atoms with E-state index < -0.39 is 10.0 Å². The maximum absolute atomic E-state index is 12.7. The molecule has 1 amide bonds. The van der Waals surface area contributed by atoms with Gasteiger partial charge in [-0.15, -0.1) is 0 Å². The number of benzene rings is 2. The normalized spacial score (nSPS) is 18.8. The van der Waals surface area contributed by atoms with Crippen LogP contribution >= 0.6 is 0 Å². The van der Waals surface area contributed by atoms with E-state index in [1.807, 2.05) is 12.1 Å². The number of sulfonamides is 1. The van der Waals surface area contributed by atoms with Crippen LogP contribution in [0.25, 0.3) is 0 Å². The SMILES string of the molecule is N#Cc1cccc(CN2CC[C@@H](CNS(=O)(=O)c3ccc4c(c3)CNCC4)C2=O)c1. The van der Waals surface area contributed by atoms with Gasteiger partial charge in [-0.05, 0) is 60.3 Å². The molecule has 156 valence electrons. The fraction of sp³-hybridized carbons (Fsp3) is 0.364. The van der Waals surface area contributed by atoms with Gasteiger partial charge in [-0.1, -0.05) is 18.2 Å². The molecule has 0 aliphatic carbocycles. The Kier molecular flexibility index (Phi) is 5.86. The molecule has 0 aromatic heterocycles. The minimum atomic E-state index is -3.67. The lowest BCUT2D eigenvalue weighted by atomic mass is 10.0. The fourth-order valence-corrected chi connectivity index (χ4v) is 5.16. The summed E-state index contributed by atoms with van der Waals surface area (Å²) < 4.78 is 28.1. The summed E-state index contributed by atoms with van der Waals surface area (Å²) in [5.74, 6) is -0.437. The molecule has 2 aromatic carbocycles. The van der Waals surface area contributed by atoms with Gasteiger partial charge in [-0.25, -0.2) is 13.1 Å². The molecule has 2 N–H and O–H groups in total. The third-order valence-electron chi connectivity index (χ3n) is 5.73. The number of carbonyl (C=O) groups excluding carboxylic acids is 1. The highest BCUT2D eigenvalue weighted by molar-refractivity contribution is 7.89. The first-order chi connectivity index (χ1) is 14.5. The molecule has 30 heavy (non-hydrogen) atoms. The molecule has 7 nitrogen and oxygen atoms in total. The van der Waals surface area contributed by atoms with Crippen molar-refractivity contribution in [1.29, 1.82) is 5.26 Å². The van der Waals surface area contributed by atoms with Crippen LogP contribution in [0.5, 0.6) is 0 Å². The molecule has 0 bridgehead atoms. The van der Waals surface area contributed by atoms with Crippen molar-refractivity contribution < 1.29 is 13.2 Å². The van der Waals surface area contributed by atoms with Crippen molar-refractivity contribution in [2.45, 2.75) is 30.8 Å². The van der Waals surface area contributed by atoms with Gasteiger partial charge in [0.25, 0.3) is 0 Å². The summed E-state index contributed by atoms with van der Waals surface area (Å²) >= 11 is 0. The Morgan fingerprint density at radius 3 is 2.90 bits per heavy atom. The molecular formula is C22H24N4O3S. The van der Waals surface area contributed by atoms with E-state index in [0.29, 0.717) is 31.6 Å². The first kappa shape index (κ1) is 20.5. The van der Waals surface area contributed by atoms with Crippen molar-refractivity contribution in [1.82, 2.24) is 14.9 Å². The minimum Gasteiger partial charge on any atom is -0.338 e. The van der Waals surface area contributed by atoms with E-state index in [2.05, 4.69) is 16.1 Å². The molecule has 2 heterocycles. The Hall–Kier alpha value is -2.73. The number of hydrogen-bond donors (Lipinski definition) is 2. The van der Waals surface area contributed by atoms with E-state index in [1.165, 1.54) is 5.56 Å². The zero-order valence-corrected chi connectivity index (χ0v) is 17.4. The lowest BCUT2D eigenvalue weighted by Crippen LogP contribution is -2.34. The predicted octanol–water partition coefficient (Wildman–Crippen LogP) is 1.53. The molecule has 4 rings (SSSR count). The molecule has 1 atom stereocenters. The molecule has 0 spiro atoms. The van der Waals surface area contributed by atoms with Gasteiger partial charge in [-0.2, -0.15) is 5.26 Å². The summed E-state index contributed by atoms with van der Waals surface area (Å²) in [5.41, 5.74) is 3.64. The molecule has 2 aliphatic heterocycles. The molecule has 0 unspecified atom stereocenters. The average molecular weight is 425 g/mol. The number of nitriles is 1. The van der Waals surface area contributed by atoms with Crippen molar-refractivity contribution >= 4 is 15.9 Å². The summed E-state index contributed by atoms with van der Waals surface area (Å²) in [6, 6.07) is 14.5. The molecule has 0 saturated carbocycles. The van der Waals surface area contributed by atoms with Crippen LogP contribution in [-0.2, 0) is 34.3 Å². The maximum Gasteiger partial charge on any atom is 0.240 e. The van der Waals surface area contributed by atoms with Gasteiger partial charge in [0.2, 0.25) is 15.9 Å². The van der Waals surface area contributed by atoms with Crippen LogP contribution in [0.3, 0.4) is 0 Å². The van der Waals surface area contributed by atoms with Crippen molar-refractivity contribution in [2.75, 3.05) is 19.6 Å². The van der Waals surface area contributed by atoms with Crippen LogP contribution < -0.4 is 10.0 Å². The molecule has 1 fully saturated rings. The number of likely N-dealkylation sites (tertiary alicyclic amines) is 1. The molecule has 2 aliphatic rings. The van der Waals surface area contributed by atoms with Crippen molar-refractivity contribution in [3.63, 3.8) is 0 Å². The number of fused-ring (bicyclic) bond motifs is 1. The van der Waals surface area contributed by atoms with Crippen LogP contribution in [0.4, 0.5) is 0 Å². The third kappa shape index (κ3) is 4.38. The summed E-state index contributed by atoms with van der Waals surface area (Å²) in [7, 11) is -3.67. The van der Waals surface area contributed by atoms with Gasteiger partial charge in [0, 0.05) is 26.2 Å². The number of nitrogens with zero attached hydrogens (tertiary/aromatic N) is 2. The van der Waals surface area contributed by atoms with E-state index in [9.17, 15) is 13.2 Å². The number of hydrogen-bond acceptors (Lipinski definition) is 5. The van der Waals surface area contributed by atoms with Crippen molar-refractivity contribution in [3.8, 4) is 6.07 Å². The average Bonchev–Trinajstić information content (AvgIpc) is 3.11. The van der Waals surface area contributed by atoms with Gasteiger partial charge in [0.15, 0.2) is 0 Å². The van der Waals surface area contributed by atoms with Crippen molar-refractivity contribution in [2.24, 2.45) is 5.92 Å². The number of rotatable bonds is 6. The van der Waals surface area contributed by atoms with Gasteiger partial charge >= 0.3 is 0 Å². The van der Waals surface area contributed by atoms with E-state index in [1.54, 1.807) is 35.2 Å². The summed E-state index contributed by atoms with van der Waals surface area (Å²) in [6.07, 6.45) is 1.50. The highest BCUT2D eigenvalue weighted by Crippen LogP contribution is 2.22. The van der Waals surface area contributed by atoms with E-state index >= 15 is 0 Å². The van der Waals surface area contributed by atoms with Crippen LogP contribution in [0.2, 0.25) is 0 Å². The topological polar surface area (TPSA) is 102 Å². The van der Waals surface area contributed by atoms with Crippen LogP contribution in [-0.4, -0.2) is 38.9 Å². The molecule has 8 heteroatoms. The zero-order valence-electron chi connectivity index (χ0n) is 16.6. The lowest BCUT2D eigenvalue weighted by Gasteiger charge is -2.19. The standard InChI is InChI=1S/C22H24N4O3S/c23-12-16-2-1-3-17(10-16)15-26-9-7-19(22(26)27)14-25-30(28,29)21-5-4-18-6-8-24-13-20(18)11-21/h1-5,10-11,19,24-25H,6-9,13-15H2/t19-/m0/s1. The predicted molar refractivity (Wildman–Crippen MR) is 112 cm³/mol. The molecule has 1 saturated heterocycles. The fourth-order valence-electron chi connectivity index (χ4n) is 4.03. The minimum absolute atomic E-state index is 0.0605. The monoisotopic (exact) mass is 424 g/mol. The second kappa shape index (κ2) is 8.56. The third-order valence-corrected chi connectivity index (χ3v) is 7.15. The smallest absolute Gasteiger partial charge is 0.240 e. The van der Waals surface area contributed by atoms with Crippen molar-refractivity contribution in [3.05, 3.63) is 64.7 Å². The van der Waals surface area contributed by atoms with Crippen LogP contribution in [0.1, 0.15) is 28.7 Å². The van der Waals surface area contributed by atoms with E-state index in [-0.39, 0.29) is 23.3 Å². The van der Waals surface area contributed by atoms with E-state index in [0.717, 1.165) is 24.1 Å². The second-order valence-electron chi connectivity index (χ2n) is 7.77.